The van der Waals surface area contributed by atoms with Gasteiger partial charge in [0, 0.05) is 4.88 Å². The molecule has 2 amide bonds. The molecule has 3 unspecified atom stereocenters. The molecule has 1 aromatic heterocycles. The maximum absolute atomic E-state index is 12.1. The van der Waals surface area contributed by atoms with Crippen LogP contribution in [0.5, 0.6) is 0 Å². The Kier molecular flexibility index (Phi) is 5.03. The third kappa shape index (κ3) is 2.74. The summed E-state index contributed by atoms with van der Waals surface area (Å²) >= 11 is 1.08. The van der Waals surface area contributed by atoms with Crippen LogP contribution >= 0.6 is 11.3 Å². The molecular weight excluding hydrogens is 331 g/mol. The van der Waals surface area contributed by atoms with Crippen molar-refractivity contribution in [1.29, 1.82) is 0 Å². The minimum atomic E-state index is -1.44. The number of β-lactam (4-membered cyclic amide) rings is 1. The summed E-state index contributed by atoms with van der Waals surface area (Å²) in [6.07, 6.45) is -0.538. The van der Waals surface area contributed by atoms with Crippen LogP contribution in [-0.2, 0) is 9.59 Å². The van der Waals surface area contributed by atoms with Crippen LogP contribution in [0.4, 0.5) is 0 Å². The average molecular weight is 344 g/mol. The molecule has 0 bridgehead atoms. The van der Waals surface area contributed by atoms with Gasteiger partial charge in [0.1, 0.15) is 0 Å². The Labute approximate surface area is 158 Å². The Balaban J connectivity index is 0.00000192. The molecule has 7 nitrogen and oxygen atoms in total. The number of fused-ring (bicyclic) bond motifs is 1. The molecule has 3 rings (SSSR count). The second-order valence-corrected chi connectivity index (χ2v) is 6.47. The number of aliphatic carboxylic acids is 1. The van der Waals surface area contributed by atoms with Gasteiger partial charge in [-0.3, -0.25) is 9.59 Å². The van der Waals surface area contributed by atoms with Crippen LogP contribution in [-0.4, -0.2) is 39.9 Å². The van der Waals surface area contributed by atoms with E-state index < -0.39 is 29.8 Å². The maximum atomic E-state index is 12.1. The van der Waals surface area contributed by atoms with Crippen molar-refractivity contribution in [3.63, 3.8) is 0 Å². The van der Waals surface area contributed by atoms with Crippen LogP contribution in [0.25, 0.3) is 5.57 Å². The number of carboxylic acids is 1. The largest absolute Gasteiger partial charge is 1.00 e. The van der Waals surface area contributed by atoms with Gasteiger partial charge in [-0.15, -0.1) is 11.3 Å². The number of hydrogen-bond donors (Lipinski definition) is 2. The van der Waals surface area contributed by atoms with E-state index in [2.05, 4.69) is 0 Å². The third-order valence-corrected chi connectivity index (χ3v) is 5.23. The molecular formula is C14H13N2NaO5S. The topological polar surface area (TPSA) is 124 Å². The first-order valence-corrected chi connectivity index (χ1v) is 7.50. The number of amides is 2. The van der Waals surface area contributed by atoms with Crippen LogP contribution in [0.15, 0.2) is 17.8 Å². The molecule has 0 saturated carbocycles. The number of carbonyl (C=O) groups is 3. The number of hydrogen-bond acceptors (Lipinski definition) is 6. The number of rotatable bonds is 4. The second-order valence-electron chi connectivity index (χ2n) is 5.39. The van der Waals surface area contributed by atoms with Gasteiger partial charge in [0.2, 0.25) is 5.91 Å². The number of nitrogens with zero attached hydrogens (tertiary/aromatic N) is 1. The molecule has 0 radical (unpaired) electrons. The van der Waals surface area contributed by atoms with Crippen molar-refractivity contribution in [1.82, 2.24) is 4.90 Å². The van der Waals surface area contributed by atoms with E-state index in [0.29, 0.717) is 21.7 Å². The summed E-state index contributed by atoms with van der Waals surface area (Å²) in [6.45, 7) is 1.51. The Morgan fingerprint density at radius 2 is 2.13 bits per heavy atom. The summed E-state index contributed by atoms with van der Waals surface area (Å²) in [6, 6.07) is 2.75. The molecule has 2 aliphatic heterocycles. The Bertz CT molecular complexity index is 727. The van der Waals surface area contributed by atoms with E-state index in [-0.39, 0.29) is 41.3 Å². The molecule has 1 fully saturated rings. The van der Waals surface area contributed by atoms with Gasteiger partial charge >= 0.3 is 29.6 Å². The molecule has 2 aliphatic rings. The summed E-state index contributed by atoms with van der Waals surface area (Å²) in [5.41, 5.74) is 5.47. The van der Waals surface area contributed by atoms with Crippen LogP contribution in [0.1, 0.15) is 27.9 Å². The van der Waals surface area contributed by atoms with E-state index in [1.807, 2.05) is 0 Å². The van der Waals surface area contributed by atoms with Gasteiger partial charge in [-0.2, -0.15) is 0 Å². The van der Waals surface area contributed by atoms with E-state index >= 15 is 0 Å². The van der Waals surface area contributed by atoms with Crippen LogP contribution in [0.3, 0.4) is 0 Å². The van der Waals surface area contributed by atoms with Crippen molar-refractivity contribution in [2.75, 3.05) is 0 Å². The quantitative estimate of drug-likeness (QED) is 0.425. The van der Waals surface area contributed by atoms with Crippen molar-refractivity contribution >= 4 is 34.7 Å². The molecule has 23 heavy (non-hydrogen) atoms. The summed E-state index contributed by atoms with van der Waals surface area (Å²) in [7, 11) is 0. The first kappa shape index (κ1) is 18.2. The van der Waals surface area contributed by atoms with E-state index in [4.69, 9.17) is 5.73 Å². The smallest absolute Gasteiger partial charge is 0.543 e. The molecule has 0 aromatic carbocycles. The summed E-state index contributed by atoms with van der Waals surface area (Å²) in [4.78, 5) is 36.7. The number of thiophene rings is 1. The second kappa shape index (κ2) is 6.37. The number of nitrogens with two attached hydrogens (primary N) is 1. The summed E-state index contributed by atoms with van der Waals surface area (Å²) in [5.74, 6) is -3.06. The minimum Gasteiger partial charge on any atom is -0.543 e. The van der Waals surface area contributed by atoms with Crippen LogP contribution < -0.4 is 40.4 Å². The molecule has 3 heterocycles. The van der Waals surface area contributed by atoms with E-state index in [1.54, 1.807) is 6.07 Å². The van der Waals surface area contributed by atoms with Crippen molar-refractivity contribution in [2.45, 2.75) is 25.5 Å². The Morgan fingerprint density at radius 3 is 2.61 bits per heavy atom. The SMILES string of the molecule is CC(O)C1C(=O)N2C(C(=O)[O-])=C(c3ccc(C(N)=O)s3)CC12.[Na+]. The molecule has 3 N–H and O–H groups in total. The van der Waals surface area contributed by atoms with Crippen molar-refractivity contribution in [3.05, 3.63) is 27.6 Å². The first-order chi connectivity index (χ1) is 10.3. The van der Waals surface area contributed by atoms with Crippen LogP contribution in [0, 0.1) is 5.92 Å². The van der Waals surface area contributed by atoms with Gasteiger partial charge in [-0.25, -0.2) is 0 Å². The standard InChI is InChI=1S/C14H14N2O5S.Na/c1-5(17)10-7-4-6(8-2-3-9(22-8)12(15)18)11(14(20)21)16(7)13(10)19;/h2-3,5,7,10,17H,4H2,1H3,(H2,15,18)(H,20,21);/q;+1/p-1. The van der Waals surface area contributed by atoms with E-state index in [9.17, 15) is 24.6 Å². The zero-order valence-electron chi connectivity index (χ0n) is 12.6. The van der Waals surface area contributed by atoms with Gasteiger partial charge in [0.15, 0.2) is 0 Å². The molecule has 9 heteroatoms. The molecule has 3 atom stereocenters. The fourth-order valence-electron chi connectivity index (χ4n) is 3.11. The number of primary amides is 1. The van der Waals surface area contributed by atoms with Crippen molar-refractivity contribution < 1.29 is 54.2 Å². The minimum absolute atomic E-state index is 0. The van der Waals surface area contributed by atoms with Gasteiger partial charge in [-0.1, -0.05) is 0 Å². The molecule has 0 spiro atoms. The first-order valence-electron chi connectivity index (χ1n) is 6.68. The fraction of sp³-hybridized carbons (Fsp3) is 0.357. The monoisotopic (exact) mass is 344 g/mol. The number of carbonyl (C=O) groups excluding carboxylic acids is 3. The zero-order chi connectivity index (χ0) is 16.2. The molecule has 0 aliphatic carbocycles. The van der Waals surface area contributed by atoms with Crippen LogP contribution in [0.2, 0.25) is 0 Å². The van der Waals surface area contributed by atoms with E-state index in [1.165, 1.54) is 17.9 Å². The average Bonchev–Trinajstić information content (AvgIpc) is 2.99. The summed E-state index contributed by atoms with van der Waals surface area (Å²) in [5, 5.41) is 21.1. The molecule has 1 saturated heterocycles. The zero-order valence-corrected chi connectivity index (χ0v) is 15.4. The van der Waals surface area contributed by atoms with Gasteiger partial charge in [0.25, 0.3) is 5.91 Å². The van der Waals surface area contributed by atoms with Crippen molar-refractivity contribution in [3.8, 4) is 0 Å². The van der Waals surface area contributed by atoms with Gasteiger partial charge in [0.05, 0.1) is 34.6 Å². The third-order valence-electron chi connectivity index (χ3n) is 4.07. The predicted molar refractivity (Wildman–Crippen MR) is 75.2 cm³/mol. The predicted octanol–water partition coefficient (Wildman–Crippen LogP) is -4.08. The van der Waals surface area contributed by atoms with Crippen molar-refractivity contribution in [2.24, 2.45) is 11.7 Å². The Morgan fingerprint density at radius 1 is 1.48 bits per heavy atom. The molecule has 1 aromatic rings. The Hall–Kier alpha value is -1.19. The molecule has 116 valence electrons. The number of aliphatic hydroxyl groups is 1. The number of aliphatic hydroxyl groups excluding tert-OH is 1. The normalized spacial score (nSPS) is 23.9. The van der Waals surface area contributed by atoms with Gasteiger partial charge < -0.3 is 25.6 Å². The van der Waals surface area contributed by atoms with Gasteiger partial charge in [-0.05, 0) is 31.1 Å². The number of carboxylic acid groups (broad SMARTS) is 1. The van der Waals surface area contributed by atoms with E-state index in [0.717, 1.165) is 11.3 Å². The maximum Gasteiger partial charge on any atom is 1.00 e. The summed E-state index contributed by atoms with van der Waals surface area (Å²) < 4.78 is 0. The fourth-order valence-corrected chi connectivity index (χ4v) is 4.02.